The number of nitrogens with zero attached hydrogens (tertiary/aromatic N) is 3. The number of aryl methyl sites for hydroxylation is 1. The van der Waals surface area contributed by atoms with Crippen LogP contribution in [0.4, 0.5) is 0 Å². The minimum Gasteiger partial charge on any atom is -0.301 e. The first-order chi connectivity index (χ1) is 9.65. The molecule has 2 heterocycles. The van der Waals surface area contributed by atoms with Gasteiger partial charge in [-0.25, -0.2) is 4.98 Å². The molecule has 5 heteroatoms. The highest BCUT2D eigenvalue weighted by atomic mass is 79.9. The number of hydrogen-bond donors (Lipinski definition) is 0. The highest BCUT2D eigenvalue weighted by Crippen LogP contribution is 2.14. The third kappa shape index (κ3) is 2.36. The lowest BCUT2D eigenvalue weighted by atomic mass is 10.2. The lowest BCUT2D eigenvalue weighted by Gasteiger charge is -2.11. The van der Waals surface area contributed by atoms with Crippen molar-refractivity contribution in [3.63, 3.8) is 0 Å². The van der Waals surface area contributed by atoms with Crippen LogP contribution in [0.2, 0.25) is 0 Å². The van der Waals surface area contributed by atoms with E-state index in [0.717, 1.165) is 21.1 Å². The van der Waals surface area contributed by atoms with Crippen molar-refractivity contribution in [2.45, 2.75) is 13.5 Å². The van der Waals surface area contributed by atoms with Crippen LogP contribution in [0, 0.1) is 6.92 Å². The molecular formula is C15H12BrN3O. The molecule has 0 atom stereocenters. The van der Waals surface area contributed by atoms with E-state index in [1.807, 2.05) is 30.3 Å². The molecule has 100 valence electrons. The van der Waals surface area contributed by atoms with Crippen molar-refractivity contribution in [1.29, 1.82) is 0 Å². The number of rotatable bonds is 2. The molecule has 0 spiro atoms. The van der Waals surface area contributed by atoms with Gasteiger partial charge in [0.25, 0.3) is 5.56 Å². The Morgan fingerprint density at radius 3 is 2.85 bits per heavy atom. The van der Waals surface area contributed by atoms with Gasteiger partial charge in [-0.1, -0.05) is 12.1 Å². The molecule has 3 rings (SSSR count). The SMILES string of the molecule is Cc1nc2ccccc2n(Cc2cncc(Br)c2)c1=O. The Morgan fingerprint density at radius 2 is 2.05 bits per heavy atom. The largest absolute Gasteiger partial charge is 0.301 e. The second-order valence-electron chi connectivity index (χ2n) is 4.59. The minimum atomic E-state index is -0.0660. The molecule has 0 amide bonds. The van der Waals surface area contributed by atoms with Crippen LogP contribution in [0.15, 0.2) is 52.0 Å². The zero-order valence-electron chi connectivity index (χ0n) is 10.9. The van der Waals surface area contributed by atoms with Crippen molar-refractivity contribution in [1.82, 2.24) is 14.5 Å². The van der Waals surface area contributed by atoms with Crippen LogP contribution in [0.1, 0.15) is 11.3 Å². The molecule has 3 aromatic rings. The third-order valence-corrected chi connectivity index (χ3v) is 3.55. The number of para-hydroxylation sites is 2. The minimum absolute atomic E-state index is 0.0660. The highest BCUT2D eigenvalue weighted by Gasteiger charge is 2.08. The van der Waals surface area contributed by atoms with Gasteiger partial charge in [0.05, 0.1) is 17.6 Å². The van der Waals surface area contributed by atoms with Crippen LogP contribution < -0.4 is 5.56 Å². The van der Waals surface area contributed by atoms with Crippen molar-refractivity contribution in [3.05, 3.63) is 68.8 Å². The molecular weight excluding hydrogens is 318 g/mol. The van der Waals surface area contributed by atoms with E-state index in [1.54, 1.807) is 23.9 Å². The fourth-order valence-electron chi connectivity index (χ4n) is 2.20. The average molecular weight is 330 g/mol. The van der Waals surface area contributed by atoms with Gasteiger partial charge in [-0.15, -0.1) is 0 Å². The fourth-order valence-corrected chi connectivity index (χ4v) is 2.61. The molecule has 0 saturated carbocycles. The second kappa shape index (κ2) is 5.17. The summed E-state index contributed by atoms with van der Waals surface area (Å²) in [4.78, 5) is 20.8. The highest BCUT2D eigenvalue weighted by molar-refractivity contribution is 9.10. The molecule has 0 radical (unpaired) electrons. The Labute approximate surface area is 124 Å². The van der Waals surface area contributed by atoms with Crippen molar-refractivity contribution >= 4 is 27.0 Å². The van der Waals surface area contributed by atoms with Crippen molar-refractivity contribution in [2.24, 2.45) is 0 Å². The summed E-state index contributed by atoms with van der Waals surface area (Å²) >= 11 is 3.40. The molecule has 0 N–H and O–H groups in total. The average Bonchev–Trinajstić information content (AvgIpc) is 2.44. The van der Waals surface area contributed by atoms with Gasteiger partial charge < -0.3 is 4.57 Å². The van der Waals surface area contributed by atoms with Crippen molar-refractivity contribution < 1.29 is 0 Å². The van der Waals surface area contributed by atoms with E-state index < -0.39 is 0 Å². The molecule has 4 nitrogen and oxygen atoms in total. The zero-order valence-corrected chi connectivity index (χ0v) is 12.5. The Morgan fingerprint density at radius 1 is 1.25 bits per heavy atom. The summed E-state index contributed by atoms with van der Waals surface area (Å²) in [5, 5.41) is 0. The summed E-state index contributed by atoms with van der Waals surface area (Å²) in [6, 6.07) is 9.62. The maximum absolute atomic E-state index is 12.3. The van der Waals surface area contributed by atoms with Crippen LogP contribution in [-0.4, -0.2) is 14.5 Å². The molecule has 0 aliphatic rings. The lowest BCUT2D eigenvalue weighted by molar-refractivity contribution is 0.772. The maximum atomic E-state index is 12.3. The van der Waals surface area contributed by atoms with Crippen LogP contribution in [0.5, 0.6) is 0 Å². The first-order valence-corrected chi connectivity index (χ1v) is 7.00. The predicted octanol–water partition coefficient (Wildman–Crippen LogP) is 2.91. The van der Waals surface area contributed by atoms with Gasteiger partial charge in [-0.2, -0.15) is 0 Å². The summed E-state index contributed by atoms with van der Waals surface area (Å²) in [6.07, 6.45) is 3.49. The summed E-state index contributed by atoms with van der Waals surface area (Å²) < 4.78 is 2.64. The molecule has 1 aromatic carbocycles. The normalized spacial score (nSPS) is 10.9. The van der Waals surface area contributed by atoms with Gasteiger partial charge in [-0.3, -0.25) is 9.78 Å². The number of pyridine rings is 1. The number of benzene rings is 1. The van der Waals surface area contributed by atoms with Gasteiger partial charge in [0, 0.05) is 16.9 Å². The van der Waals surface area contributed by atoms with E-state index in [0.29, 0.717) is 12.2 Å². The van der Waals surface area contributed by atoms with Crippen LogP contribution in [0.25, 0.3) is 11.0 Å². The van der Waals surface area contributed by atoms with Gasteiger partial charge in [-0.05, 0) is 46.6 Å². The van der Waals surface area contributed by atoms with Gasteiger partial charge in [0.1, 0.15) is 5.69 Å². The predicted molar refractivity (Wildman–Crippen MR) is 81.8 cm³/mol. The zero-order chi connectivity index (χ0) is 14.1. The van der Waals surface area contributed by atoms with Crippen molar-refractivity contribution in [2.75, 3.05) is 0 Å². The topological polar surface area (TPSA) is 47.8 Å². The number of hydrogen-bond acceptors (Lipinski definition) is 3. The van der Waals surface area contributed by atoms with E-state index in [9.17, 15) is 4.79 Å². The van der Waals surface area contributed by atoms with Crippen LogP contribution in [0.3, 0.4) is 0 Å². The van der Waals surface area contributed by atoms with Gasteiger partial charge >= 0.3 is 0 Å². The smallest absolute Gasteiger partial charge is 0.272 e. The maximum Gasteiger partial charge on any atom is 0.272 e. The van der Waals surface area contributed by atoms with E-state index in [4.69, 9.17) is 0 Å². The first-order valence-electron chi connectivity index (χ1n) is 6.21. The van der Waals surface area contributed by atoms with Gasteiger partial charge in [0.15, 0.2) is 0 Å². The van der Waals surface area contributed by atoms with E-state index in [1.165, 1.54) is 0 Å². The van der Waals surface area contributed by atoms with E-state index in [-0.39, 0.29) is 5.56 Å². The molecule has 0 unspecified atom stereocenters. The Kier molecular flexibility index (Phi) is 3.36. The third-order valence-electron chi connectivity index (χ3n) is 3.12. The monoisotopic (exact) mass is 329 g/mol. The van der Waals surface area contributed by atoms with E-state index >= 15 is 0 Å². The molecule has 0 bridgehead atoms. The van der Waals surface area contributed by atoms with E-state index in [2.05, 4.69) is 25.9 Å². The number of halogens is 1. The molecule has 2 aromatic heterocycles. The summed E-state index contributed by atoms with van der Waals surface area (Å²) in [7, 11) is 0. The van der Waals surface area contributed by atoms with Crippen LogP contribution >= 0.6 is 15.9 Å². The molecule has 0 aliphatic carbocycles. The molecule has 0 saturated heterocycles. The summed E-state index contributed by atoms with van der Waals surface area (Å²) in [5.41, 5.74) is 3.07. The molecule has 0 fully saturated rings. The Balaban J connectivity index is 2.20. The Hall–Kier alpha value is -2.01. The molecule has 20 heavy (non-hydrogen) atoms. The first kappa shape index (κ1) is 13.0. The molecule has 0 aliphatic heterocycles. The second-order valence-corrected chi connectivity index (χ2v) is 5.50. The van der Waals surface area contributed by atoms with Crippen molar-refractivity contribution in [3.8, 4) is 0 Å². The summed E-state index contributed by atoms with van der Waals surface area (Å²) in [6.45, 7) is 2.22. The fraction of sp³-hybridized carbons (Fsp3) is 0.133. The Bertz CT molecular complexity index is 842. The number of fused-ring (bicyclic) bond motifs is 1. The summed E-state index contributed by atoms with van der Waals surface area (Å²) in [5.74, 6) is 0. The quantitative estimate of drug-likeness (QED) is 0.726. The number of aromatic nitrogens is 3. The standard InChI is InChI=1S/C15H12BrN3O/c1-10-15(20)19(9-11-6-12(16)8-17-7-11)14-5-3-2-4-13(14)18-10/h2-8H,9H2,1H3. The van der Waals surface area contributed by atoms with Crippen LogP contribution in [-0.2, 0) is 6.54 Å². The van der Waals surface area contributed by atoms with Gasteiger partial charge in [0.2, 0.25) is 0 Å². The lowest BCUT2D eigenvalue weighted by Crippen LogP contribution is -2.24.